The van der Waals surface area contributed by atoms with Crippen molar-refractivity contribution >= 4 is 41.4 Å². The molecular weight excluding hydrogens is 983 g/mol. The van der Waals surface area contributed by atoms with Gasteiger partial charge in [0.05, 0.1) is 85.4 Å². The standard InChI is InChI=1S/C55H105N7O14/c1-7-11-13-21-48(63)56-27-17-30-59-51(66)24-33-73-43-55(44-74-34-25-52(67)60-31-18-28-57-49(64)22-14-12-8-2,62-54(69)42-72-39-38-70-36-37-71-40-41-76-47(9-3)10-4)45-75-35-26-53(68)61-32-19-29-58-50(65)23-16-15-20-46(5)6/h46-47H,7-45H2,1-6H3,(H,56,63)(H,57,64)(H,58,65)(H,59,66)(H,60,67)(H,61,68)(H,62,69). The van der Waals surface area contributed by atoms with Gasteiger partial charge < -0.3 is 70.4 Å². The number of amides is 7. The number of hydrogen-bond donors (Lipinski definition) is 7. The molecule has 0 radical (unpaired) electrons. The van der Waals surface area contributed by atoms with E-state index in [0.29, 0.717) is 110 Å². The average Bonchev–Trinajstić information content (AvgIpc) is 3.39. The third kappa shape index (κ3) is 47.2. The van der Waals surface area contributed by atoms with Gasteiger partial charge in [0, 0.05) is 77.8 Å². The predicted octanol–water partition coefficient (Wildman–Crippen LogP) is 4.56. The maximum atomic E-state index is 13.5. The average molecular weight is 1090 g/mol. The van der Waals surface area contributed by atoms with E-state index < -0.39 is 11.4 Å². The zero-order chi connectivity index (χ0) is 56.2. The van der Waals surface area contributed by atoms with Gasteiger partial charge >= 0.3 is 0 Å². The molecule has 0 fully saturated rings. The van der Waals surface area contributed by atoms with E-state index in [4.69, 9.17) is 33.2 Å². The van der Waals surface area contributed by atoms with Gasteiger partial charge in [-0.05, 0) is 57.3 Å². The molecule has 0 unspecified atom stereocenters. The highest BCUT2D eigenvalue weighted by Gasteiger charge is 2.34. The van der Waals surface area contributed by atoms with Crippen LogP contribution in [0.15, 0.2) is 0 Å². The fraction of sp³-hybridized carbons (Fsp3) is 0.873. The Bertz CT molecular complexity index is 1440. The van der Waals surface area contributed by atoms with Crippen LogP contribution in [-0.2, 0) is 66.7 Å². The van der Waals surface area contributed by atoms with Gasteiger partial charge in [-0.3, -0.25) is 33.6 Å². The Hall–Kier alpha value is -3.99. The zero-order valence-corrected chi connectivity index (χ0v) is 47.9. The lowest BCUT2D eigenvalue weighted by Crippen LogP contribution is -2.59. The van der Waals surface area contributed by atoms with E-state index in [1.54, 1.807) is 0 Å². The number of hydrogen-bond acceptors (Lipinski definition) is 14. The first-order valence-corrected chi connectivity index (χ1v) is 28.8. The quantitative estimate of drug-likeness (QED) is 0.0412. The summed E-state index contributed by atoms with van der Waals surface area (Å²) in [5.41, 5.74) is -1.34. The molecule has 76 heavy (non-hydrogen) atoms. The number of nitrogens with one attached hydrogen (secondary N) is 7. The zero-order valence-electron chi connectivity index (χ0n) is 47.9. The van der Waals surface area contributed by atoms with Crippen molar-refractivity contribution in [2.24, 2.45) is 5.92 Å². The summed E-state index contributed by atoms with van der Waals surface area (Å²) >= 11 is 0. The van der Waals surface area contributed by atoms with Gasteiger partial charge in [0.1, 0.15) is 12.1 Å². The summed E-state index contributed by atoms with van der Waals surface area (Å²) < 4.78 is 40.6. The van der Waals surface area contributed by atoms with Gasteiger partial charge in [-0.2, -0.15) is 0 Å². The first-order chi connectivity index (χ1) is 36.8. The van der Waals surface area contributed by atoms with Gasteiger partial charge in [0.2, 0.25) is 41.4 Å². The largest absolute Gasteiger partial charge is 0.378 e. The fourth-order valence-electron chi connectivity index (χ4n) is 7.34. The molecule has 7 amide bonds. The third-order valence-corrected chi connectivity index (χ3v) is 11.9. The van der Waals surface area contributed by atoms with Gasteiger partial charge in [0.15, 0.2) is 0 Å². The molecule has 0 atom stereocenters. The number of carbonyl (C=O) groups is 7. The number of rotatable bonds is 55. The lowest BCUT2D eigenvalue weighted by molar-refractivity contribution is -0.134. The maximum absolute atomic E-state index is 13.5. The van der Waals surface area contributed by atoms with Crippen molar-refractivity contribution in [3.63, 3.8) is 0 Å². The highest BCUT2D eigenvalue weighted by atomic mass is 16.6. The molecule has 0 spiro atoms. The topological polar surface area (TPSA) is 268 Å². The van der Waals surface area contributed by atoms with E-state index in [-0.39, 0.29) is 120 Å². The molecule has 0 aliphatic rings. The van der Waals surface area contributed by atoms with E-state index in [2.05, 4.69) is 78.8 Å². The van der Waals surface area contributed by atoms with Gasteiger partial charge in [-0.1, -0.05) is 80.1 Å². The van der Waals surface area contributed by atoms with E-state index >= 15 is 0 Å². The molecular formula is C55H105N7O14. The molecule has 0 aliphatic heterocycles. The minimum atomic E-state index is -1.34. The molecule has 444 valence electrons. The molecule has 0 saturated heterocycles. The molecule has 0 bridgehead atoms. The molecule has 0 heterocycles. The summed E-state index contributed by atoms with van der Waals surface area (Å²) in [7, 11) is 0. The predicted molar refractivity (Wildman–Crippen MR) is 293 cm³/mol. The van der Waals surface area contributed by atoms with Gasteiger partial charge in [-0.15, -0.1) is 0 Å². The van der Waals surface area contributed by atoms with Crippen molar-refractivity contribution in [2.45, 2.75) is 182 Å². The molecule has 0 rings (SSSR count). The minimum absolute atomic E-state index is 0.00173. The van der Waals surface area contributed by atoms with E-state index in [0.717, 1.165) is 70.6 Å². The smallest absolute Gasteiger partial charge is 0.246 e. The van der Waals surface area contributed by atoms with Crippen LogP contribution in [-0.4, -0.2) is 178 Å². The molecule has 0 aliphatic carbocycles. The van der Waals surface area contributed by atoms with Crippen molar-refractivity contribution in [2.75, 3.05) is 125 Å². The Balaban J connectivity index is 5.55. The number of carbonyl (C=O) groups excluding carboxylic acids is 7. The SMILES string of the molecule is CCCCCC(=O)NCCCNC(=O)CCOCC(COCCC(=O)NCCCNC(=O)CCCCC)(COCCC(=O)NCCCNC(=O)CCCCC(C)C)NC(=O)COCCOCCOCCOC(CC)CC. The van der Waals surface area contributed by atoms with Crippen molar-refractivity contribution in [3.05, 3.63) is 0 Å². The van der Waals surface area contributed by atoms with E-state index in [1.807, 2.05) is 0 Å². The second kappa shape index (κ2) is 51.7. The lowest BCUT2D eigenvalue weighted by Gasteiger charge is -2.34. The van der Waals surface area contributed by atoms with E-state index in [9.17, 15) is 33.6 Å². The summed E-state index contributed by atoms with van der Waals surface area (Å²) in [6, 6.07) is 0. The molecule has 21 heteroatoms. The normalized spacial score (nSPS) is 11.4. The monoisotopic (exact) mass is 1090 g/mol. The summed E-state index contributed by atoms with van der Waals surface area (Å²) in [5, 5.41) is 20.1. The highest BCUT2D eigenvalue weighted by molar-refractivity contribution is 5.79. The van der Waals surface area contributed by atoms with Crippen LogP contribution in [0.2, 0.25) is 0 Å². The Labute approximate surface area is 456 Å². The molecule has 0 aromatic heterocycles. The first kappa shape index (κ1) is 72.0. The molecule has 7 N–H and O–H groups in total. The Kier molecular flexibility index (Phi) is 49.0. The molecule has 21 nitrogen and oxygen atoms in total. The third-order valence-electron chi connectivity index (χ3n) is 11.9. The fourth-order valence-corrected chi connectivity index (χ4v) is 7.34. The van der Waals surface area contributed by atoms with Crippen molar-refractivity contribution in [1.82, 2.24) is 37.2 Å². The summed E-state index contributed by atoms with van der Waals surface area (Å²) in [6.07, 6.45) is 14.1. The van der Waals surface area contributed by atoms with Crippen LogP contribution in [0.3, 0.4) is 0 Å². The van der Waals surface area contributed by atoms with Crippen LogP contribution >= 0.6 is 0 Å². The highest BCUT2D eigenvalue weighted by Crippen LogP contribution is 2.12. The first-order valence-electron chi connectivity index (χ1n) is 28.8. The van der Waals surface area contributed by atoms with Crippen molar-refractivity contribution < 1.29 is 66.7 Å². The Morgan fingerprint density at radius 1 is 0.368 bits per heavy atom. The second-order valence-corrected chi connectivity index (χ2v) is 19.5. The molecule has 0 aromatic rings. The van der Waals surface area contributed by atoms with Crippen LogP contribution in [0, 0.1) is 5.92 Å². The number of ether oxygens (including phenoxy) is 7. The van der Waals surface area contributed by atoms with Crippen LogP contribution in [0.1, 0.15) is 170 Å². The Morgan fingerprint density at radius 2 is 0.711 bits per heavy atom. The van der Waals surface area contributed by atoms with E-state index in [1.165, 1.54) is 0 Å². The Morgan fingerprint density at radius 3 is 1.07 bits per heavy atom. The summed E-state index contributed by atoms with van der Waals surface area (Å²) in [6.45, 7) is 16.3. The summed E-state index contributed by atoms with van der Waals surface area (Å²) in [5.74, 6) is -0.663. The van der Waals surface area contributed by atoms with Crippen LogP contribution in [0.25, 0.3) is 0 Å². The maximum Gasteiger partial charge on any atom is 0.246 e. The van der Waals surface area contributed by atoms with Crippen molar-refractivity contribution in [1.29, 1.82) is 0 Å². The van der Waals surface area contributed by atoms with Crippen LogP contribution < -0.4 is 37.2 Å². The van der Waals surface area contributed by atoms with Crippen molar-refractivity contribution in [3.8, 4) is 0 Å². The molecule has 0 aromatic carbocycles. The minimum Gasteiger partial charge on any atom is -0.378 e. The summed E-state index contributed by atoms with van der Waals surface area (Å²) in [4.78, 5) is 87.9. The van der Waals surface area contributed by atoms with Gasteiger partial charge in [0.25, 0.3) is 0 Å². The molecule has 0 saturated carbocycles. The lowest BCUT2D eigenvalue weighted by atomic mass is 10.0. The second-order valence-electron chi connectivity index (χ2n) is 19.5. The van der Waals surface area contributed by atoms with Crippen LogP contribution in [0.5, 0.6) is 0 Å². The number of unbranched alkanes of at least 4 members (excludes halogenated alkanes) is 5. The van der Waals surface area contributed by atoms with Crippen LogP contribution in [0.4, 0.5) is 0 Å². The van der Waals surface area contributed by atoms with Gasteiger partial charge in [-0.25, -0.2) is 0 Å².